The molecule has 2 rings (SSSR count). The van der Waals surface area contributed by atoms with Gasteiger partial charge in [-0.15, -0.1) is 23.5 Å². The molecule has 0 aliphatic rings. The van der Waals surface area contributed by atoms with Gasteiger partial charge in [0.15, 0.2) is 0 Å². The Hall–Kier alpha value is -1.65. The largest absolute Gasteiger partial charge is 0.459 e. The smallest absolute Gasteiger partial charge is 0.333 e. The first kappa shape index (κ1) is 21.6. The van der Waals surface area contributed by atoms with Crippen molar-refractivity contribution >= 4 is 29.5 Å². The molecule has 2 nitrogen and oxygen atoms in total. The van der Waals surface area contributed by atoms with Crippen LogP contribution in [0, 0.1) is 0 Å². The Kier molecular flexibility index (Phi) is 9.02. The molecule has 2 aromatic rings. The Morgan fingerprint density at radius 3 is 1.67 bits per heavy atom. The van der Waals surface area contributed by atoms with Gasteiger partial charge in [-0.25, -0.2) is 4.79 Å². The van der Waals surface area contributed by atoms with Crippen molar-refractivity contribution in [1.82, 2.24) is 0 Å². The summed E-state index contributed by atoms with van der Waals surface area (Å²) in [7, 11) is 0. The van der Waals surface area contributed by atoms with Crippen molar-refractivity contribution < 1.29 is 9.53 Å². The van der Waals surface area contributed by atoms with E-state index in [1.54, 1.807) is 6.92 Å². The lowest BCUT2D eigenvalue weighted by Crippen LogP contribution is -2.25. The topological polar surface area (TPSA) is 26.3 Å². The van der Waals surface area contributed by atoms with Crippen LogP contribution in [0.4, 0.5) is 0 Å². The number of thioether (sulfide) groups is 2. The van der Waals surface area contributed by atoms with Crippen LogP contribution >= 0.6 is 23.5 Å². The van der Waals surface area contributed by atoms with E-state index in [2.05, 4.69) is 44.7 Å². The van der Waals surface area contributed by atoms with Gasteiger partial charge < -0.3 is 4.74 Å². The van der Waals surface area contributed by atoms with E-state index in [9.17, 15) is 4.79 Å². The van der Waals surface area contributed by atoms with Crippen LogP contribution in [0.5, 0.6) is 0 Å². The van der Waals surface area contributed by atoms with Crippen molar-refractivity contribution in [3.63, 3.8) is 0 Å². The van der Waals surface area contributed by atoms with Gasteiger partial charge in [-0.1, -0.05) is 56.8 Å². The summed E-state index contributed by atoms with van der Waals surface area (Å²) in [6.07, 6.45) is 1.52. The van der Waals surface area contributed by atoms with Crippen molar-refractivity contribution in [3.8, 4) is 0 Å². The fourth-order valence-electron chi connectivity index (χ4n) is 2.74. The average Bonchev–Trinajstić information content (AvgIpc) is 2.63. The molecule has 0 spiro atoms. The van der Waals surface area contributed by atoms with E-state index >= 15 is 0 Å². The number of benzene rings is 2. The van der Waals surface area contributed by atoms with Crippen LogP contribution in [0.25, 0.3) is 0 Å². The van der Waals surface area contributed by atoms with Gasteiger partial charge in [-0.05, 0) is 44.0 Å². The van der Waals surface area contributed by atoms with Crippen LogP contribution in [-0.4, -0.2) is 22.6 Å². The normalized spacial score (nSPS) is 14.2. The first-order chi connectivity index (χ1) is 12.9. The summed E-state index contributed by atoms with van der Waals surface area (Å²) < 4.78 is 5.76. The van der Waals surface area contributed by atoms with Gasteiger partial charge in [0, 0.05) is 25.9 Å². The molecule has 0 bridgehead atoms. The summed E-state index contributed by atoms with van der Waals surface area (Å²) in [5, 5.41) is 0.702. The predicted octanol–water partition coefficient (Wildman–Crippen LogP) is 6.62. The SMILES string of the molecule is C=C(C)C(=O)OC(CC(C)Sc1ccccc1)CC(C)Sc1ccccc1. The van der Waals surface area contributed by atoms with E-state index < -0.39 is 0 Å². The second-order valence-corrected chi connectivity index (χ2v) is 9.79. The Bertz CT molecular complexity index is 666. The number of esters is 1. The lowest BCUT2D eigenvalue weighted by Gasteiger charge is -2.24. The van der Waals surface area contributed by atoms with E-state index in [-0.39, 0.29) is 12.1 Å². The van der Waals surface area contributed by atoms with Gasteiger partial charge in [-0.3, -0.25) is 0 Å². The second kappa shape index (κ2) is 11.3. The van der Waals surface area contributed by atoms with Gasteiger partial charge in [-0.2, -0.15) is 0 Å². The molecule has 0 amide bonds. The molecule has 27 heavy (non-hydrogen) atoms. The molecule has 0 fully saturated rings. The number of carbonyl (C=O) groups excluding carboxylic acids is 1. The Morgan fingerprint density at radius 1 is 0.889 bits per heavy atom. The highest BCUT2D eigenvalue weighted by molar-refractivity contribution is 8.00. The Labute approximate surface area is 171 Å². The molecule has 0 aliphatic carbocycles. The molecule has 0 radical (unpaired) electrons. The maximum Gasteiger partial charge on any atom is 0.333 e. The molecule has 0 saturated carbocycles. The standard InChI is InChI=1S/C23H28O2S2/c1-17(2)23(24)25-20(15-18(3)26-21-11-7-5-8-12-21)16-19(4)27-22-13-9-6-10-14-22/h5-14,18-20H,1,15-16H2,2-4H3. The minimum absolute atomic E-state index is 0.119. The molecule has 2 unspecified atom stereocenters. The summed E-state index contributed by atoms with van der Waals surface area (Å²) in [5.41, 5.74) is 0.451. The first-order valence-corrected chi connectivity index (χ1v) is 11.0. The molecular weight excluding hydrogens is 372 g/mol. The number of hydrogen-bond acceptors (Lipinski definition) is 4. The van der Waals surface area contributed by atoms with Crippen LogP contribution < -0.4 is 0 Å². The number of carbonyl (C=O) groups is 1. The second-order valence-electron chi connectivity index (χ2n) is 6.76. The minimum Gasteiger partial charge on any atom is -0.459 e. The van der Waals surface area contributed by atoms with Crippen LogP contribution in [0.1, 0.15) is 33.6 Å². The highest BCUT2D eigenvalue weighted by atomic mass is 32.2. The fraction of sp³-hybridized carbons (Fsp3) is 0.348. The first-order valence-electron chi connectivity index (χ1n) is 9.24. The summed E-state index contributed by atoms with van der Waals surface area (Å²) >= 11 is 3.64. The van der Waals surface area contributed by atoms with E-state index in [1.165, 1.54) is 9.79 Å². The quantitative estimate of drug-likeness (QED) is 0.254. The molecule has 0 aromatic heterocycles. The van der Waals surface area contributed by atoms with Gasteiger partial charge in [0.1, 0.15) is 6.10 Å². The zero-order chi connectivity index (χ0) is 19.6. The molecule has 0 aliphatic heterocycles. The number of hydrogen-bond donors (Lipinski definition) is 0. The summed E-state index contributed by atoms with van der Waals surface area (Å²) in [5.74, 6) is -0.297. The maximum atomic E-state index is 12.1. The monoisotopic (exact) mass is 400 g/mol. The highest BCUT2D eigenvalue weighted by Crippen LogP contribution is 2.31. The number of ether oxygens (including phenoxy) is 1. The zero-order valence-electron chi connectivity index (χ0n) is 16.3. The van der Waals surface area contributed by atoms with Crippen LogP contribution in [-0.2, 0) is 9.53 Å². The third-order valence-corrected chi connectivity index (χ3v) is 6.25. The zero-order valence-corrected chi connectivity index (χ0v) is 17.9. The highest BCUT2D eigenvalue weighted by Gasteiger charge is 2.22. The third kappa shape index (κ3) is 8.27. The third-order valence-electron chi connectivity index (χ3n) is 3.97. The van der Waals surface area contributed by atoms with E-state index in [4.69, 9.17) is 4.74 Å². The van der Waals surface area contributed by atoms with Crippen LogP contribution in [0.2, 0.25) is 0 Å². The summed E-state index contributed by atoms with van der Waals surface area (Å²) in [4.78, 5) is 14.6. The Morgan fingerprint density at radius 2 is 1.30 bits per heavy atom. The predicted molar refractivity (Wildman–Crippen MR) is 117 cm³/mol. The van der Waals surface area contributed by atoms with E-state index in [0.29, 0.717) is 16.1 Å². The van der Waals surface area contributed by atoms with Gasteiger partial charge in [0.25, 0.3) is 0 Å². The maximum absolute atomic E-state index is 12.1. The van der Waals surface area contributed by atoms with Crippen molar-refractivity contribution in [3.05, 3.63) is 72.8 Å². The van der Waals surface area contributed by atoms with Crippen molar-refractivity contribution in [2.24, 2.45) is 0 Å². The van der Waals surface area contributed by atoms with Crippen LogP contribution in [0.15, 0.2) is 82.6 Å². The molecule has 0 N–H and O–H groups in total. The average molecular weight is 401 g/mol. The molecule has 0 saturated heterocycles. The molecule has 4 heteroatoms. The van der Waals surface area contributed by atoms with Gasteiger partial charge in [0.05, 0.1) is 0 Å². The summed E-state index contributed by atoms with van der Waals surface area (Å²) in [6, 6.07) is 20.7. The lowest BCUT2D eigenvalue weighted by molar-refractivity contribution is -0.144. The van der Waals surface area contributed by atoms with Crippen molar-refractivity contribution in [2.45, 2.75) is 60.0 Å². The van der Waals surface area contributed by atoms with Crippen LogP contribution in [0.3, 0.4) is 0 Å². The van der Waals surface area contributed by atoms with E-state index in [1.807, 2.05) is 59.9 Å². The van der Waals surface area contributed by atoms with E-state index in [0.717, 1.165) is 12.8 Å². The molecule has 0 heterocycles. The Balaban J connectivity index is 1.97. The molecule has 2 atom stereocenters. The summed E-state index contributed by atoms with van der Waals surface area (Å²) in [6.45, 7) is 9.79. The van der Waals surface area contributed by atoms with Crippen molar-refractivity contribution in [1.29, 1.82) is 0 Å². The molecule has 144 valence electrons. The minimum atomic E-state index is -0.297. The lowest BCUT2D eigenvalue weighted by atomic mass is 10.1. The number of rotatable bonds is 10. The fourth-order valence-corrected chi connectivity index (χ4v) is 4.92. The molecule has 2 aromatic carbocycles. The van der Waals surface area contributed by atoms with Gasteiger partial charge in [0.2, 0.25) is 0 Å². The van der Waals surface area contributed by atoms with Gasteiger partial charge >= 0.3 is 5.97 Å². The van der Waals surface area contributed by atoms with Crippen molar-refractivity contribution in [2.75, 3.05) is 0 Å². The molecular formula is C23H28O2S2.